The lowest BCUT2D eigenvalue weighted by atomic mass is 10.1. The van der Waals surface area contributed by atoms with Crippen LogP contribution in [0.25, 0.3) is 6.08 Å². The van der Waals surface area contributed by atoms with Crippen LogP contribution in [0.3, 0.4) is 0 Å². The topological polar surface area (TPSA) is 59.9 Å². The summed E-state index contributed by atoms with van der Waals surface area (Å²) in [5.74, 6) is 0.855. The Morgan fingerprint density at radius 3 is 2.50 bits per heavy atom. The Kier molecular flexibility index (Phi) is 6.14. The van der Waals surface area contributed by atoms with E-state index in [0.29, 0.717) is 17.1 Å². The van der Waals surface area contributed by atoms with E-state index in [0.717, 1.165) is 5.56 Å². The van der Waals surface area contributed by atoms with Crippen LogP contribution in [-0.2, 0) is 4.79 Å². The largest absolute Gasteiger partial charge is 0.493 e. The van der Waals surface area contributed by atoms with Gasteiger partial charge in [0.1, 0.15) is 0 Å². The summed E-state index contributed by atoms with van der Waals surface area (Å²) in [6.45, 7) is 2.02. The third kappa shape index (κ3) is 4.71. The van der Waals surface area contributed by atoms with Gasteiger partial charge in [-0.3, -0.25) is 4.79 Å². The molecule has 1 amide bonds. The Hall–Kier alpha value is -3.08. The summed E-state index contributed by atoms with van der Waals surface area (Å²) in [5.41, 5.74) is 5.28. The van der Waals surface area contributed by atoms with Crippen molar-refractivity contribution in [2.24, 2.45) is 5.10 Å². The molecule has 0 aromatic heterocycles. The average Bonchev–Trinajstić information content (AvgIpc) is 2.61. The number of hydrogen-bond acceptors (Lipinski definition) is 4. The van der Waals surface area contributed by atoms with Crippen molar-refractivity contribution >= 4 is 18.2 Å². The molecule has 0 bridgehead atoms. The number of amides is 1. The van der Waals surface area contributed by atoms with Crippen LogP contribution in [-0.4, -0.2) is 26.3 Å². The van der Waals surface area contributed by atoms with Gasteiger partial charge >= 0.3 is 0 Å². The van der Waals surface area contributed by atoms with Gasteiger partial charge < -0.3 is 9.47 Å². The smallest absolute Gasteiger partial charge is 0.264 e. The first-order valence-electron chi connectivity index (χ1n) is 7.43. The van der Waals surface area contributed by atoms with Crippen LogP contribution in [0.5, 0.6) is 11.5 Å². The van der Waals surface area contributed by atoms with E-state index < -0.39 is 0 Å². The highest BCUT2D eigenvalue weighted by molar-refractivity contribution is 5.93. The number of ether oxygens (including phenoxy) is 2. The van der Waals surface area contributed by atoms with Gasteiger partial charge in [-0.05, 0) is 30.7 Å². The molecule has 1 N–H and O–H groups in total. The Balaban J connectivity index is 1.98. The zero-order chi connectivity index (χ0) is 17.4. The number of hydrazone groups is 1. The number of carbonyl (C=O) groups is 1. The molecule has 5 heteroatoms. The van der Waals surface area contributed by atoms with Crippen LogP contribution >= 0.6 is 0 Å². The number of para-hydroxylation sites is 1. The highest BCUT2D eigenvalue weighted by Crippen LogP contribution is 2.29. The molecule has 0 spiro atoms. The molecule has 2 rings (SSSR count). The van der Waals surface area contributed by atoms with Gasteiger partial charge in [-0.2, -0.15) is 5.10 Å². The van der Waals surface area contributed by atoms with Crippen molar-refractivity contribution in [3.05, 3.63) is 65.2 Å². The van der Waals surface area contributed by atoms with Crippen LogP contribution in [0, 0.1) is 6.92 Å². The fourth-order valence-corrected chi connectivity index (χ4v) is 2.07. The van der Waals surface area contributed by atoms with Gasteiger partial charge in [-0.15, -0.1) is 0 Å². The number of aryl methyl sites for hydroxylation is 1. The Morgan fingerprint density at radius 2 is 1.83 bits per heavy atom. The number of nitrogens with one attached hydrogen (secondary N) is 1. The molecule has 2 aromatic rings. The number of methoxy groups -OCH3 is 2. The third-order valence-electron chi connectivity index (χ3n) is 3.32. The Bertz CT molecular complexity index is 750. The minimum atomic E-state index is -0.311. The summed E-state index contributed by atoms with van der Waals surface area (Å²) in [4.78, 5) is 11.8. The molecule has 2 aromatic carbocycles. The average molecular weight is 324 g/mol. The maximum atomic E-state index is 11.8. The lowest BCUT2D eigenvalue weighted by Gasteiger charge is -2.09. The van der Waals surface area contributed by atoms with Gasteiger partial charge in [0.25, 0.3) is 5.91 Å². The first-order valence-corrected chi connectivity index (χ1v) is 7.43. The van der Waals surface area contributed by atoms with Gasteiger partial charge in [-0.1, -0.05) is 35.9 Å². The second-order valence-corrected chi connectivity index (χ2v) is 5.06. The van der Waals surface area contributed by atoms with E-state index in [1.807, 2.05) is 43.3 Å². The van der Waals surface area contributed by atoms with E-state index in [1.54, 1.807) is 26.4 Å². The van der Waals surface area contributed by atoms with Gasteiger partial charge in [0.15, 0.2) is 11.5 Å². The van der Waals surface area contributed by atoms with E-state index >= 15 is 0 Å². The molecule has 124 valence electrons. The molecule has 0 radical (unpaired) electrons. The van der Waals surface area contributed by atoms with Crippen molar-refractivity contribution in [2.45, 2.75) is 6.92 Å². The number of rotatable bonds is 6. The summed E-state index contributed by atoms with van der Waals surface area (Å²) in [6, 6.07) is 13.3. The maximum absolute atomic E-state index is 11.8. The molecule has 0 unspecified atom stereocenters. The predicted octanol–water partition coefficient (Wildman–Crippen LogP) is 3.18. The maximum Gasteiger partial charge on any atom is 0.264 e. The van der Waals surface area contributed by atoms with E-state index in [2.05, 4.69) is 10.5 Å². The van der Waals surface area contributed by atoms with Gasteiger partial charge in [0.2, 0.25) is 0 Å². The summed E-state index contributed by atoms with van der Waals surface area (Å²) < 4.78 is 10.5. The van der Waals surface area contributed by atoms with Gasteiger partial charge in [0, 0.05) is 11.6 Å². The summed E-state index contributed by atoms with van der Waals surface area (Å²) in [7, 11) is 3.12. The monoisotopic (exact) mass is 324 g/mol. The van der Waals surface area contributed by atoms with Gasteiger partial charge in [-0.25, -0.2) is 5.43 Å². The second kappa shape index (κ2) is 8.53. The van der Waals surface area contributed by atoms with Crippen LogP contribution in [0.15, 0.2) is 53.6 Å². The Labute approximate surface area is 141 Å². The molecule has 5 nitrogen and oxygen atoms in total. The number of nitrogens with zero attached hydrogens (tertiary/aromatic N) is 1. The lowest BCUT2D eigenvalue weighted by Crippen LogP contribution is -2.14. The van der Waals surface area contributed by atoms with Crippen molar-refractivity contribution in [3.8, 4) is 11.5 Å². The van der Waals surface area contributed by atoms with Crippen molar-refractivity contribution in [3.63, 3.8) is 0 Å². The molecule has 0 saturated carbocycles. The van der Waals surface area contributed by atoms with E-state index in [9.17, 15) is 4.79 Å². The molecular weight excluding hydrogens is 304 g/mol. The summed E-state index contributed by atoms with van der Waals surface area (Å²) >= 11 is 0. The zero-order valence-corrected chi connectivity index (χ0v) is 13.9. The quantitative estimate of drug-likeness (QED) is 0.504. The van der Waals surface area contributed by atoms with Crippen molar-refractivity contribution in [1.82, 2.24) is 5.43 Å². The number of carbonyl (C=O) groups excluding carboxylic acids is 1. The highest BCUT2D eigenvalue weighted by Gasteiger charge is 2.07. The van der Waals surface area contributed by atoms with Crippen molar-refractivity contribution in [1.29, 1.82) is 0 Å². The van der Waals surface area contributed by atoms with E-state index in [-0.39, 0.29) is 5.91 Å². The lowest BCUT2D eigenvalue weighted by molar-refractivity contribution is -0.116. The molecule has 0 atom stereocenters. The van der Waals surface area contributed by atoms with Crippen molar-refractivity contribution < 1.29 is 14.3 Å². The molecule has 24 heavy (non-hydrogen) atoms. The standard InChI is InChI=1S/C19H20N2O3/c1-14-7-9-15(10-8-14)11-12-18(22)21-20-13-16-5-4-6-17(23-2)19(16)24-3/h4-13H,1-3H3,(H,21,22)/b12-11+,20-13-. The molecule has 0 fully saturated rings. The fraction of sp³-hybridized carbons (Fsp3) is 0.158. The number of hydrogen-bond donors (Lipinski definition) is 1. The first-order chi connectivity index (χ1) is 11.6. The zero-order valence-electron chi connectivity index (χ0n) is 13.9. The third-order valence-corrected chi connectivity index (χ3v) is 3.32. The minimum absolute atomic E-state index is 0.311. The second-order valence-electron chi connectivity index (χ2n) is 5.06. The first kappa shape index (κ1) is 17.3. The normalized spacial score (nSPS) is 11.0. The van der Waals surface area contributed by atoms with E-state index in [1.165, 1.54) is 17.9 Å². The highest BCUT2D eigenvalue weighted by atomic mass is 16.5. The van der Waals surface area contributed by atoms with Crippen LogP contribution in [0.1, 0.15) is 16.7 Å². The fourth-order valence-electron chi connectivity index (χ4n) is 2.07. The van der Waals surface area contributed by atoms with Crippen molar-refractivity contribution in [2.75, 3.05) is 14.2 Å². The van der Waals surface area contributed by atoms with Crippen LogP contribution in [0.4, 0.5) is 0 Å². The molecular formula is C19H20N2O3. The van der Waals surface area contributed by atoms with Crippen LogP contribution < -0.4 is 14.9 Å². The molecule has 0 aliphatic carbocycles. The molecule has 0 saturated heterocycles. The number of benzene rings is 2. The predicted molar refractivity (Wildman–Crippen MR) is 95.5 cm³/mol. The van der Waals surface area contributed by atoms with Crippen LogP contribution in [0.2, 0.25) is 0 Å². The van der Waals surface area contributed by atoms with Gasteiger partial charge in [0.05, 0.1) is 20.4 Å². The molecule has 0 aliphatic heterocycles. The molecule has 0 aliphatic rings. The SMILES string of the molecule is COc1cccc(/C=N\NC(=O)/C=C/c2ccc(C)cc2)c1OC. The summed E-state index contributed by atoms with van der Waals surface area (Å²) in [6.07, 6.45) is 4.68. The van der Waals surface area contributed by atoms with E-state index in [4.69, 9.17) is 9.47 Å². The Morgan fingerprint density at radius 1 is 1.08 bits per heavy atom. The summed E-state index contributed by atoms with van der Waals surface area (Å²) in [5, 5.41) is 3.94. The molecule has 0 heterocycles. The minimum Gasteiger partial charge on any atom is -0.493 e.